The Morgan fingerprint density at radius 1 is 1.45 bits per heavy atom. The summed E-state index contributed by atoms with van der Waals surface area (Å²) >= 11 is 0. The van der Waals surface area contributed by atoms with E-state index in [1.54, 1.807) is 31.4 Å². The van der Waals surface area contributed by atoms with Crippen molar-refractivity contribution in [2.24, 2.45) is 5.92 Å². The van der Waals surface area contributed by atoms with E-state index in [9.17, 15) is 9.90 Å². The highest BCUT2D eigenvalue weighted by atomic mass is 16.5. The van der Waals surface area contributed by atoms with Gasteiger partial charge in [0, 0.05) is 12.1 Å². The summed E-state index contributed by atoms with van der Waals surface area (Å²) in [5.41, 5.74) is 0.958. The monoisotopic (exact) mass is 302 g/mol. The standard InChI is InChI=1S/C16H18N2O4/c1-21-12-6-4-11(5-7-12)15-14(18-9-22-15)16(20)17-8-13(19)10-2-3-10/h4-7,9-10,13,19H,2-3,8H2,1H3,(H,17,20). The maximum Gasteiger partial charge on any atom is 0.274 e. The fourth-order valence-corrected chi connectivity index (χ4v) is 2.28. The molecule has 1 aliphatic rings. The molecule has 1 unspecified atom stereocenters. The molecule has 0 radical (unpaired) electrons. The molecule has 1 fully saturated rings. The number of methoxy groups -OCH3 is 1. The van der Waals surface area contributed by atoms with Gasteiger partial charge in [-0.3, -0.25) is 4.79 Å². The lowest BCUT2D eigenvalue weighted by Gasteiger charge is -2.10. The first kappa shape index (κ1) is 14.6. The van der Waals surface area contributed by atoms with Crippen molar-refractivity contribution in [3.8, 4) is 17.1 Å². The van der Waals surface area contributed by atoms with Crippen molar-refractivity contribution in [2.75, 3.05) is 13.7 Å². The Kier molecular flexibility index (Phi) is 4.11. The summed E-state index contributed by atoms with van der Waals surface area (Å²) < 4.78 is 10.4. The van der Waals surface area contributed by atoms with E-state index in [1.807, 2.05) is 0 Å². The molecule has 116 valence electrons. The van der Waals surface area contributed by atoms with Crippen LogP contribution < -0.4 is 10.1 Å². The Morgan fingerprint density at radius 3 is 2.82 bits per heavy atom. The lowest BCUT2D eigenvalue weighted by molar-refractivity contribution is 0.0897. The molecular weight excluding hydrogens is 284 g/mol. The second kappa shape index (κ2) is 6.19. The number of amides is 1. The Labute approximate surface area is 128 Å². The second-order valence-electron chi connectivity index (χ2n) is 5.37. The Balaban J connectivity index is 1.71. The minimum absolute atomic E-state index is 0.216. The molecule has 1 aromatic carbocycles. The van der Waals surface area contributed by atoms with Gasteiger partial charge in [-0.25, -0.2) is 4.98 Å². The maximum absolute atomic E-state index is 12.2. The molecule has 1 saturated carbocycles. The summed E-state index contributed by atoms with van der Waals surface area (Å²) in [5.74, 6) is 1.10. The molecule has 1 aromatic heterocycles. The SMILES string of the molecule is COc1ccc(-c2ocnc2C(=O)NCC(O)C2CC2)cc1. The third-order valence-electron chi connectivity index (χ3n) is 3.77. The third-order valence-corrected chi connectivity index (χ3v) is 3.77. The van der Waals surface area contributed by atoms with E-state index in [-0.39, 0.29) is 18.1 Å². The van der Waals surface area contributed by atoms with Gasteiger partial charge in [-0.1, -0.05) is 0 Å². The maximum atomic E-state index is 12.2. The van der Waals surface area contributed by atoms with Crippen molar-refractivity contribution in [3.05, 3.63) is 36.4 Å². The van der Waals surface area contributed by atoms with Crippen molar-refractivity contribution < 1.29 is 19.1 Å². The first-order valence-electron chi connectivity index (χ1n) is 7.23. The summed E-state index contributed by atoms with van der Waals surface area (Å²) in [5, 5.41) is 12.5. The molecule has 2 N–H and O–H groups in total. The summed E-state index contributed by atoms with van der Waals surface area (Å²) in [6.07, 6.45) is 2.81. The van der Waals surface area contributed by atoms with Gasteiger partial charge in [0.1, 0.15) is 5.75 Å². The number of hydrogen-bond donors (Lipinski definition) is 2. The molecule has 3 rings (SSSR count). The van der Waals surface area contributed by atoms with E-state index in [2.05, 4.69) is 10.3 Å². The fraction of sp³-hybridized carbons (Fsp3) is 0.375. The number of aliphatic hydroxyl groups excluding tert-OH is 1. The minimum Gasteiger partial charge on any atom is -0.497 e. The Hall–Kier alpha value is -2.34. The van der Waals surface area contributed by atoms with Crippen LogP contribution in [0, 0.1) is 5.92 Å². The minimum atomic E-state index is -0.486. The van der Waals surface area contributed by atoms with E-state index in [0.29, 0.717) is 11.7 Å². The molecule has 0 spiro atoms. The van der Waals surface area contributed by atoms with E-state index in [1.165, 1.54) is 6.39 Å². The lowest BCUT2D eigenvalue weighted by atomic mass is 10.1. The number of hydrogen-bond acceptors (Lipinski definition) is 5. The van der Waals surface area contributed by atoms with Crippen LogP contribution in [0.1, 0.15) is 23.3 Å². The van der Waals surface area contributed by atoms with Gasteiger partial charge < -0.3 is 19.6 Å². The van der Waals surface area contributed by atoms with Gasteiger partial charge in [-0.2, -0.15) is 0 Å². The van der Waals surface area contributed by atoms with Crippen LogP contribution in [0.25, 0.3) is 11.3 Å². The molecule has 1 amide bonds. The van der Waals surface area contributed by atoms with Crippen LogP contribution in [0.2, 0.25) is 0 Å². The summed E-state index contributed by atoms with van der Waals surface area (Å²) in [7, 11) is 1.59. The zero-order valence-corrected chi connectivity index (χ0v) is 12.3. The van der Waals surface area contributed by atoms with Crippen molar-refractivity contribution in [1.82, 2.24) is 10.3 Å². The van der Waals surface area contributed by atoms with E-state index in [4.69, 9.17) is 9.15 Å². The highest BCUT2D eigenvalue weighted by Gasteiger charge is 2.30. The molecule has 1 aliphatic carbocycles. The summed E-state index contributed by atoms with van der Waals surface area (Å²) in [4.78, 5) is 16.2. The van der Waals surface area contributed by atoms with Crippen LogP contribution in [-0.4, -0.2) is 35.8 Å². The normalized spacial score (nSPS) is 15.4. The van der Waals surface area contributed by atoms with E-state index < -0.39 is 6.10 Å². The molecule has 2 aromatic rings. The zero-order chi connectivity index (χ0) is 15.5. The highest BCUT2D eigenvalue weighted by Crippen LogP contribution is 2.32. The number of carbonyl (C=O) groups excluding carboxylic acids is 1. The number of benzene rings is 1. The molecule has 6 nitrogen and oxygen atoms in total. The Bertz CT molecular complexity index is 646. The van der Waals surface area contributed by atoms with Crippen molar-refractivity contribution in [2.45, 2.75) is 18.9 Å². The first-order valence-corrected chi connectivity index (χ1v) is 7.23. The lowest BCUT2D eigenvalue weighted by Crippen LogP contribution is -2.33. The van der Waals surface area contributed by atoms with Crippen molar-refractivity contribution in [1.29, 1.82) is 0 Å². The van der Waals surface area contributed by atoms with Gasteiger partial charge in [0.05, 0.1) is 13.2 Å². The molecule has 0 aliphatic heterocycles. The molecule has 22 heavy (non-hydrogen) atoms. The number of oxazole rings is 1. The van der Waals surface area contributed by atoms with Crippen molar-refractivity contribution >= 4 is 5.91 Å². The van der Waals surface area contributed by atoms with Crippen LogP contribution in [0.15, 0.2) is 35.1 Å². The summed E-state index contributed by atoms with van der Waals surface area (Å²) in [6, 6.07) is 7.18. The quantitative estimate of drug-likeness (QED) is 0.850. The number of aliphatic hydroxyl groups is 1. The molecular formula is C16H18N2O4. The van der Waals surface area contributed by atoms with Crippen LogP contribution in [0.5, 0.6) is 5.75 Å². The van der Waals surface area contributed by atoms with Gasteiger partial charge in [-0.05, 0) is 43.0 Å². The fourth-order valence-electron chi connectivity index (χ4n) is 2.28. The largest absolute Gasteiger partial charge is 0.497 e. The van der Waals surface area contributed by atoms with Gasteiger partial charge >= 0.3 is 0 Å². The number of nitrogens with zero attached hydrogens (tertiary/aromatic N) is 1. The summed E-state index contributed by atoms with van der Waals surface area (Å²) in [6.45, 7) is 0.235. The zero-order valence-electron chi connectivity index (χ0n) is 12.3. The number of rotatable bonds is 6. The second-order valence-corrected chi connectivity index (χ2v) is 5.37. The average molecular weight is 302 g/mol. The predicted molar refractivity (Wildman–Crippen MR) is 79.6 cm³/mol. The molecule has 1 heterocycles. The average Bonchev–Trinajstić information content (AvgIpc) is 3.29. The number of nitrogens with one attached hydrogen (secondary N) is 1. The molecule has 0 saturated heterocycles. The number of carbonyl (C=O) groups is 1. The first-order chi connectivity index (χ1) is 10.7. The van der Waals surface area contributed by atoms with Gasteiger partial charge in [0.2, 0.25) is 0 Å². The predicted octanol–water partition coefficient (Wildman–Crippen LogP) is 1.85. The molecule has 6 heteroatoms. The van der Waals surface area contributed by atoms with Gasteiger partial charge in [-0.15, -0.1) is 0 Å². The molecule has 1 atom stereocenters. The van der Waals surface area contributed by atoms with Crippen LogP contribution in [0.4, 0.5) is 0 Å². The van der Waals surface area contributed by atoms with E-state index >= 15 is 0 Å². The topological polar surface area (TPSA) is 84.6 Å². The third kappa shape index (κ3) is 3.12. The molecule has 0 bridgehead atoms. The van der Waals surface area contributed by atoms with Gasteiger partial charge in [0.25, 0.3) is 5.91 Å². The van der Waals surface area contributed by atoms with Crippen LogP contribution in [-0.2, 0) is 0 Å². The van der Waals surface area contributed by atoms with Crippen molar-refractivity contribution in [3.63, 3.8) is 0 Å². The van der Waals surface area contributed by atoms with Crippen LogP contribution >= 0.6 is 0 Å². The highest BCUT2D eigenvalue weighted by molar-refractivity contribution is 5.97. The number of ether oxygens (including phenoxy) is 1. The van der Waals surface area contributed by atoms with Crippen LogP contribution in [0.3, 0.4) is 0 Å². The van der Waals surface area contributed by atoms with Gasteiger partial charge in [0.15, 0.2) is 17.8 Å². The smallest absolute Gasteiger partial charge is 0.274 e. The van der Waals surface area contributed by atoms with E-state index in [0.717, 1.165) is 24.2 Å². The number of aromatic nitrogens is 1. The Morgan fingerprint density at radius 2 is 2.18 bits per heavy atom.